The van der Waals surface area contributed by atoms with E-state index in [0.29, 0.717) is 12.0 Å². The molecule has 3 heteroatoms. The predicted octanol–water partition coefficient (Wildman–Crippen LogP) is 4.62. The third-order valence-corrected chi connectivity index (χ3v) is 4.28. The molecular weight excluding hydrogens is 312 g/mol. The topological polar surface area (TPSA) is 49.7 Å². The van der Waals surface area contributed by atoms with Crippen LogP contribution >= 0.6 is 0 Å². The zero-order valence-electron chi connectivity index (χ0n) is 14.2. The van der Waals surface area contributed by atoms with Gasteiger partial charge in [-0.25, -0.2) is 0 Å². The molecule has 0 spiro atoms. The summed E-state index contributed by atoms with van der Waals surface area (Å²) in [6.45, 7) is 1.73. The molecule has 0 atom stereocenters. The highest BCUT2D eigenvalue weighted by molar-refractivity contribution is 5.49. The number of rotatable bonds is 2. The highest BCUT2D eigenvalue weighted by Gasteiger charge is 2.21. The van der Waals surface area contributed by atoms with Crippen LogP contribution in [0.15, 0.2) is 78.9 Å². The van der Waals surface area contributed by atoms with E-state index in [1.54, 1.807) is 31.2 Å². The van der Waals surface area contributed by atoms with Gasteiger partial charge in [0.15, 0.2) is 5.79 Å². The summed E-state index contributed by atoms with van der Waals surface area (Å²) in [6, 6.07) is 25.2. The lowest BCUT2D eigenvalue weighted by atomic mass is 10.0. The summed E-state index contributed by atoms with van der Waals surface area (Å²) in [5.41, 5.74) is 3.08. The summed E-state index contributed by atoms with van der Waals surface area (Å²) in [5, 5.41) is 18.7. The van der Waals surface area contributed by atoms with Crippen molar-refractivity contribution in [2.45, 2.75) is 25.6 Å². The fourth-order valence-electron chi connectivity index (χ4n) is 2.73. The second-order valence-corrected chi connectivity index (χ2v) is 6.03. The Hall–Kier alpha value is -2.62. The number of aliphatic hydroxyl groups is 2. The first-order valence-electron chi connectivity index (χ1n) is 8.44. The first kappa shape index (κ1) is 17.2. The van der Waals surface area contributed by atoms with E-state index in [4.69, 9.17) is 4.74 Å². The minimum Gasteiger partial charge on any atom is -0.457 e. The molecule has 4 rings (SSSR count). The third kappa shape index (κ3) is 4.08. The van der Waals surface area contributed by atoms with Crippen LogP contribution in [0.1, 0.15) is 30.0 Å². The maximum Gasteiger partial charge on any atom is 0.189 e. The van der Waals surface area contributed by atoms with Gasteiger partial charge in [-0.2, -0.15) is 0 Å². The van der Waals surface area contributed by atoms with Crippen LogP contribution in [0, 0.1) is 0 Å². The van der Waals surface area contributed by atoms with E-state index in [9.17, 15) is 10.2 Å². The van der Waals surface area contributed by atoms with Crippen molar-refractivity contribution in [3.05, 3.63) is 95.6 Å². The number of ether oxygens (including phenoxy) is 1. The van der Waals surface area contributed by atoms with E-state index < -0.39 is 5.79 Å². The molecule has 128 valence electrons. The van der Waals surface area contributed by atoms with Crippen molar-refractivity contribution in [3.8, 4) is 11.5 Å². The molecule has 3 aromatic rings. The average Bonchev–Trinajstić information content (AvgIpc) is 2.67. The van der Waals surface area contributed by atoms with Crippen molar-refractivity contribution in [1.82, 2.24) is 0 Å². The van der Waals surface area contributed by atoms with Crippen molar-refractivity contribution in [2.24, 2.45) is 0 Å². The van der Waals surface area contributed by atoms with Gasteiger partial charge >= 0.3 is 0 Å². The predicted molar refractivity (Wildman–Crippen MR) is 98.6 cm³/mol. The second-order valence-electron chi connectivity index (χ2n) is 6.03. The molecular formula is C22H22O3. The fourth-order valence-corrected chi connectivity index (χ4v) is 2.73. The van der Waals surface area contributed by atoms with Crippen molar-refractivity contribution < 1.29 is 14.9 Å². The van der Waals surface area contributed by atoms with Gasteiger partial charge in [-0.1, -0.05) is 73.7 Å². The summed E-state index contributed by atoms with van der Waals surface area (Å²) in [5.74, 6) is 0.318. The van der Waals surface area contributed by atoms with E-state index in [0.717, 1.165) is 17.9 Å². The highest BCUT2D eigenvalue weighted by atomic mass is 16.5. The van der Waals surface area contributed by atoms with Gasteiger partial charge in [0.2, 0.25) is 0 Å². The van der Waals surface area contributed by atoms with E-state index in [-0.39, 0.29) is 0 Å². The van der Waals surface area contributed by atoms with E-state index in [1.807, 2.05) is 30.3 Å². The quantitative estimate of drug-likeness (QED) is 0.526. The second kappa shape index (κ2) is 7.51. The standard InChI is InChI=1S/C13H10O.C9H12O2/c1-3-7-12-10(5-1)9-11-6-2-4-8-13(11)14-12;1-2-9(10,11)8-6-4-3-5-7-8/h1-8H,9H2;3-7,10-11H,2H2,1H3. The van der Waals surface area contributed by atoms with Gasteiger partial charge < -0.3 is 14.9 Å². The van der Waals surface area contributed by atoms with Crippen LogP contribution in [0.4, 0.5) is 0 Å². The normalized spacial score (nSPS) is 12.1. The van der Waals surface area contributed by atoms with Gasteiger partial charge in [-0.05, 0) is 23.3 Å². The Balaban J connectivity index is 0.000000151. The number of benzene rings is 3. The van der Waals surface area contributed by atoms with Crippen molar-refractivity contribution in [1.29, 1.82) is 0 Å². The first-order chi connectivity index (χ1) is 12.1. The summed E-state index contributed by atoms with van der Waals surface area (Å²) in [7, 11) is 0. The van der Waals surface area contributed by atoms with Crippen molar-refractivity contribution in [3.63, 3.8) is 0 Å². The fraction of sp³-hybridized carbons (Fsp3) is 0.182. The lowest BCUT2D eigenvalue weighted by molar-refractivity contribution is -0.171. The maximum absolute atomic E-state index is 9.35. The number of hydrogen-bond donors (Lipinski definition) is 2. The molecule has 1 aliphatic rings. The molecule has 1 aliphatic heterocycles. The van der Waals surface area contributed by atoms with Gasteiger partial charge in [-0.3, -0.25) is 0 Å². The highest BCUT2D eigenvalue weighted by Crippen LogP contribution is 2.35. The molecule has 3 aromatic carbocycles. The van der Waals surface area contributed by atoms with Gasteiger partial charge in [0, 0.05) is 18.4 Å². The van der Waals surface area contributed by atoms with E-state index in [1.165, 1.54) is 11.1 Å². The first-order valence-corrected chi connectivity index (χ1v) is 8.44. The number of para-hydroxylation sites is 2. The largest absolute Gasteiger partial charge is 0.457 e. The SMILES string of the molecule is CCC(O)(O)c1ccccc1.c1ccc2c(c1)Cc1ccccc1O2. The maximum atomic E-state index is 9.35. The Labute approximate surface area is 148 Å². The zero-order valence-corrected chi connectivity index (χ0v) is 14.2. The minimum atomic E-state index is -1.67. The summed E-state index contributed by atoms with van der Waals surface area (Å²) in [6.07, 6.45) is 1.28. The van der Waals surface area contributed by atoms with Crippen LogP contribution in [-0.4, -0.2) is 10.2 Å². The summed E-state index contributed by atoms with van der Waals surface area (Å²) < 4.78 is 5.78. The van der Waals surface area contributed by atoms with Gasteiger partial charge in [0.25, 0.3) is 0 Å². The Morgan fingerprint density at radius 1 is 0.760 bits per heavy atom. The lowest BCUT2D eigenvalue weighted by Gasteiger charge is -2.19. The Morgan fingerprint density at radius 3 is 1.76 bits per heavy atom. The van der Waals surface area contributed by atoms with Gasteiger partial charge in [0.1, 0.15) is 11.5 Å². The minimum absolute atomic E-state index is 0.303. The Bertz CT molecular complexity index is 738. The molecule has 25 heavy (non-hydrogen) atoms. The van der Waals surface area contributed by atoms with Crippen LogP contribution in [0.3, 0.4) is 0 Å². The van der Waals surface area contributed by atoms with Crippen LogP contribution in [0.5, 0.6) is 11.5 Å². The zero-order chi connectivity index (χ0) is 17.7. The molecule has 0 amide bonds. The van der Waals surface area contributed by atoms with Crippen LogP contribution in [-0.2, 0) is 12.2 Å². The molecule has 0 aromatic heterocycles. The third-order valence-electron chi connectivity index (χ3n) is 4.28. The molecule has 1 heterocycles. The molecule has 0 radical (unpaired) electrons. The molecule has 0 aliphatic carbocycles. The molecule has 0 fully saturated rings. The monoisotopic (exact) mass is 334 g/mol. The van der Waals surface area contributed by atoms with Crippen LogP contribution in [0.2, 0.25) is 0 Å². The van der Waals surface area contributed by atoms with Crippen molar-refractivity contribution >= 4 is 0 Å². The number of hydrogen-bond acceptors (Lipinski definition) is 3. The molecule has 0 saturated heterocycles. The summed E-state index contributed by atoms with van der Waals surface area (Å²) in [4.78, 5) is 0. The molecule has 0 unspecified atom stereocenters. The Kier molecular flexibility index (Phi) is 5.17. The number of fused-ring (bicyclic) bond motifs is 2. The lowest BCUT2D eigenvalue weighted by Crippen LogP contribution is -2.23. The van der Waals surface area contributed by atoms with Crippen LogP contribution < -0.4 is 4.74 Å². The van der Waals surface area contributed by atoms with Gasteiger partial charge in [0.05, 0.1) is 0 Å². The van der Waals surface area contributed by atoms with Gasteiger partial charge in [-0.15, -0.1) is 0 Å². The summed E-state index contributed by atoms with van der Waals surface area (Å²) >= 11 is 0. The molecule has 3 nitrogen and oxygen atoms in total. The van der Waals surface area contributed by atoms with Crippen molar-refractivity contribution in [2.75, 3.05) is 0 Å². The van der Waals surface area contributed by atoms with Crippen LogP contribution in [0.25, 0.3) is 0 Å². The smallest absolute Gasteiger partial charge is 0.189 e. The molecule has 2 N–H and O–H groups in total. The van der Waals surface area contributed by atoms with E-state index >= 15 is 0 Å². The molecule has 0 bridgehead atoms. The average molecular weight is 334 g/mol. The Morgan fingerprint density at radius 2 is 1.24 bits per heavy atom. The molecule has 0 saturated carbocycles. The van der Waals surface area contributed by atoms with E-state index in [2.05, 4.69) is 24.3 Å².